The van der Waals surface area contributed by atoms with Crippen LogP contribution in [0.4, 0.5) is 0 Å². The molecule has 2 aromatic rings. The van der Waals surface area contributed by atoms with Crippen LogP contribution in [0.15, 0.2) is 22.7 Å². The lowest BCUT2D eigenvalue weighted by molar-refractivity contribution is 0.418. The Bertz CT molecular complexity index is 499. The SMILES string of the molecule is Cc1cc(C)cc(-c2nc(C(C)CN)no2)c1. The molecule has 2 N–H and O–H groups in total. The summed E-state index contributed by atoms with van der Waals surface area (Å²) in [6, 6.07) is 6.19. The van der Waals surface area contributed by atoms with Crippen molar-refractivity contribution in [2.24, 2.45) is 5.73 Å². The maximum Gasteiger partial charge on any atom is 0.257 e. The number of nitrogens with two attached hydrogens (primary N) is 1. The van der Waals surface area contributed by atoms with Gasteiger partial charge >= 0.3 is 0 Å². The predicted molar refractivity (Wildman–Crippen MR) is 66.7 cm³/mol. The molecule has 2 rings (SSSR count). The Kier molecular flexibility index (Phi) is 3.24. The van der Waals surface area contributed by atoms with Crippen molar-refractivity contribution in [3.8, 4) is 11.5 Å². The molecule has 0 fully saturated rings. The Labute approximate surface area is 101 Å². The third-order valence-electron chi connectivity index (χ3n) is 2.70. The normalized spacial score (nSPS) is 12.7. The largest absolute Gasteiger partial charge is 0.334 e. The number of benzene rings is 1. The third-order valence-corrected chi connectivity index (χ3v) is 2.70. The lowest BCUT2D eigenvalue weighted by Gasteiger charge is -2.00. The molecule has 1 atom stereocenters. The third kappa shape index (κ3) is 2.53. The van der Waals surface area contributed by atoms with Gasteiger partial charge in [0.2, 0.25) is 0 Å². The summed E-state index contributed by atoms with van der Waals surface area (Å²) < 4.78 is 5.27. The second kappa shape index (κ2) is 4.67. The van der Waals surface area contributed by atoms with Crippen molar-refractivity contribution < 1.29 is 4.52 Å². The zero-order valence-electron chi connectivity index (χ0n) is 10.4. The van der Waals surface area contributed by atoms with Crippen LogP contribution in [0.5, 0.6) is 0 Å². The molecule has 1 aromatic heterocycles. The van der Waals surface area contributed by atoms with Crippen molar-refractivity contribution in [2.45, 2.75) is 26.7 Å². The van der Waals surface area contributed by atoms with E-state index < -0.39 is 0 Å². The first kappa shape index (κ1) is 11.8. The van der Waals surface area contributed by atoms with Crippen LogP contribution in [0.2, 0.25) is 0 Å². The molecule has 0 aliphatic heterocycles. The first-order valence-electron chi connectivity index (χ1n) is 5.72. The number of rotatable bonds is 3. The molecule has 0 amide bonds. The first-order chi connectivity index (χ1) is 8.10. The second-order valence-corrected chi connectivity index (χ2v) is 4.47. The van der Waals surface area contributed by atoms with E-state index in [0.717, 1.165) is 5.56 Å². The minimum absolute atomic E-state index is 0.124. The van der Waals surface area contributed by atoms with E-state index in [9.17, 15) is 0 Å². The van der Waals surface area contributed by atoms with Gasteiger partial charge in [0.15, 0.2) is 5.82 Å². The van der Waals surface area contributed by atoms with Crippen LogP contribution in [0.25, 0.3) is 11.5 Å². The van der Waals surface area contributed by atoms with Gasteiger partial charge in [-0.3, -0.25) is 0 Å². The summed E-state index contributed by atoms with van der Waals surface area (Å²) in [6.07, 6.45) is 0. The number of nitrogens with zero attached hydrogens (tertiary/aromatic N) is 2. The van der Waals surface area contributed by atoms with Gasteiger partial charge in [0.1, 0.15) is 0 Å². The van der Waals surface area contributed by atoms with Crippen molar-refractivity contribution in [3.63, 3.8) is 0 Å². The molecule has 0 radical (unpaired) electrons. The molecule has 1 unspecified atom stereocenters. The molecule has 17 heavy (non-hydrogen) atoms. The van der Waals surface area contributed by atoms with E-state index >= 15 is 0 Å². The van der Waals surface area contributed by atoms with Crippen molar-refractivity contribution in [2.75, 3.05) is 6.54 Å². The highest BCUT2D eigenvalue weighted by Gasteiger charge is 2.13. The Balaban J connectivity index is 2.36. The maximum absolute atomic E-state index is 5.58. The van der Waals surface area contributed by atoms with Gasteiger partial charge in [-0.25, -0.2) is 0 Å². The van der Waals surface area contributed by atoms with Gasteiger partial charge in [-0.05, 0) is 26.0 Å². The summed E-state index contributed by atoms with van der Waals surface area (Å²) in [4.78, 5) is 4.38. The molecule has 1 heterocycles. The molecule has 0 spiro atoms. The van der Waals surface area contributed by atoms with Crippen molar-refractivity contribution >= 4 is 0 Å². The van der Waals surface area contributed by atoms with Gasteiger partial charge in [0.05, 0.1) is 0 Å². The van der Waals surface area contributed by atoms with Crippen molar-refractivity contribution in [1.29, 1.82) is 0 Å². The van der Waals surface area contributed by atoms with E-state index in [1.54, 1.807) is 0 Å². The quantitative estimate of drug-likeness (QED) is 0.881. The highest BCUT2D eigenvalue weighted by atomic mass is 16.5. The molecular formula is C13H17N3O. The number of aromatic nitrogens is 2. The molecule has 0 bridgehead atoms. The molecule has 90 valence electrons. The lowest BCUT2D eigenvalue weighted by Crippen LogP contribution is -2.10. The summed E-state index contributed by atoms with van der Waals surface area (Å²) in [5, 5.41) is 3.96. The van der Waals surface area contributed by atoms with Crippen LogP contribution in [0, 0.1) is 13.8 Å². The van der Waals surface area contributed by atoms with Gasteiger partial charge in [-0.2, -0.15) is 4.98 Å². The molecule has 0 saturated carbocycles. The van der Waals surface area contributed by atoms with E-state index in [2.05, 4.69) is 30.1 Å². The topological polar surface area (TPSA) is 64.9 Å². The highest BCUT2D eigenvalue weighted by molar-refractivity contribution is 5.55. The van der Waals surface area contributed by atoms with E-state index in [1.165, 1.54) is 11.1 Å². The van der Waals surface area contributed by atoms with Crippen LogP contribution < -0.4 is 5.73 Å². The van der Waals surface area contributed by atoms with Crippen LogP contribution in [-0.4, -0.2) is 16.7 Å². The van der Waals surface area contributed by atoms with Crippen LogP contribution in [-0.2, 0) is 0 Å². The van der Waals surface area contributed by atoms with Gasteiger partial charge in [-0.1, -0.05) is 29.3 Å². The maximum atomic E-state index is 5.58. The zero-order valence-corrected chi connectivity index (χ0v) is 10.4. The fourth-order valence-electron chi connectivity index (χ4n) is 1.76. The highest BCUT2D eigenvalue weighted by Crippen LogP contribution is 2.22. The summed E-state index contributed by atoms with van der Waals surface area (Å²) in [5.41, 5.74) is 8.92. The van der Waals surface area contributed by atoms with Crippen LogP contribution in [0.3, 0.4) is 0 Å². The van der Waals surface area contributed by atoms with Crippen LogP contribution in [0.1, 0.15) is 29.8 Å². The molecule has 4 nitrogen and oxygen atoms in total. The second-order valence-electron chi connectivity index (χ2n) is 4.47. The summed E-state index contributed by atoms with van der Waals surface area (Å²) >= 11 is 0. The first-order valence-corrected chi connectivity index (χ1v) is 5.72. The fourth-order valence-corrected chi connectivity index (χ4v) is 1.76. The average molecular weight is 231 g/mol. The molecule has 4 heteroatoms. The van der Waals surface area contributed by atoms with E-state index in [1.807, 2.05) is 19.1 Å². The molecule has 1 aromatic carbocycles. The fraction of sp³-hybridized carbons (Fsp3) is 0.385. The van der Waals surface area contributed by atoms with Gasteiger partial charge in [0, 0.05) is 18.0 Å². The van der Waals surface area contributed by atoms with Crippen molar-refractivity contribution in [1.82, 2.24) is 10.1 Å². The minimum atomic E-state index is 0.124. The van der Waals surface area contributed by atoms with E-state index in [0.29, 0.717) is 18.3 Å². The molecular weight excluding hydrogens is 214 g/mol. The molecule has 0 aliphatic carbocycles. The van der Waals surface area contributed by atoms with Gasteiger partial charge in [0.25, 0.3) is 5.89 Å². The van der Waals surface area contributed by atoms with Gasteiger partial charge < -0.3 is 10.3 Å². The smallest absolute Gasteiger partial charge is 0.257 e. The number of aryl methyl sites for hydroxylation is 2. The van der Waals surface area contributed by atoms with E-state index in [4.69, 9.17) is 10.3 Å². The summed E-state index contributed by atoms with van der Waals surface area (Å²) in [5.74, 6) is 1.35. The van der Waals surface area contributed by atoms with E-state index in [-0.39, 0.29) is 5.92 Å². The Morgan fingerprint density at radius 1 is 1.24 bits per heavy atom. The lowest BCUT2D eigenvalue weighted by atomic mass is 10.1. The molecule has 0 saturated heterocycles. The van der Waals surface area contributed by atoms with Crippen LogP contribution >= 0.6 is 0 Å². The Morgan fingerprint density at radius 2 is 1.88 bits per heavy atom. The summed E-state index contributed by atoms with van der Waals surface area (Å²) in [6.45, 7) is 6.61. The van der Waals surface area contributed by atoms with Crippen molar-refractivity contribution in [3.05, 3.63) is 35.2 Å². The average Bonchev–Trinajstić information content (AvgIpc) is 2.76. The standard InChI is InChI=1S/C13H17N3O/c1-8-4-9(2)6-11(5-8)13-15-12(16-17-13)10(3)7-14/h4-6,10H,7,14H2,1-3H3. The number of hydrogen-bond acceptors (Lipinski definition) is 4. The predicted octanol–water partition coefficient (Wildman–Crippen LogP) is 2.42. The monoisotopic (exact) mass is 231 g/mol. The minimum Gasteiger partial charge on any atom is -0.334 e. The molecule has 0 aliphatic rings. The Morgan fingerprint density at radius 3 is 2.47 bits per heavy atom. The Hall–Kier alpha value is -1.68. The number of hydrogen-bond donors (Lipinski definition) is 1. The summed E-state index contributed by atoms with van der Waals surface area (Å²) in [7, 11) is 0. The van der Waals surface area contributed by atoms with Gasteiger partial charge in [-0.15, -0.1) is 0 Å². The zero-order chi connectivity index (χ0) is 12.4.